The lowest BCUT2D eigenvalue weighted by Crippen LogP contribution is -2.44. The normalized spacial score (nSPS) is 23.9. The SMILES string of the molecule is C[C@]1(C(N)=O)CC[C@@H](n2c(Nc3c(F)cc(Cl)cc3F)nc3cnc(NC4CC(F)(F)C4)nc32)CC1. The zero-order valence-electron chi connectivity index (χ0n) is 19.3. The molecule has 36 heavy (non-hydrogen) atoms. The lowest BCUT2D eigenvalue weighted by Gasteiger charge is -2.36. The Kier molecular flexibility index (Phi) is 5.97. The molecule has 0 bridgehead atoms. The highest BCUT2D eigenvalue weighted by Crippen LogP contribution is 2.43. The summed E-state index contributed by atoms with van der Waals surface area (Å²) in [5, 5.41) is 5.54. The number of benzene rings is 1. The standard InChI is InChI=1S/C23H24ClF4N7O/c1-22(19(29)36)4-2-13(3-5-22)35-18-16(10-30-20(34-18)31-12-8-23(27,28)9-12)32-21(35)33-17-14(25)6-11(24)7-15(17)26/h6-7,10,12-13H,2-5,8-9H2,1H3,(H2,29,36)(H,32,33)(H,30,31,34)/t13-,22+. The minimum absolute atomic E-state index is 0.0924. The van der Waals surface area contributed by atoms with Gasteiger partial charge in [-0.15, -0.1) is 0 Å². The molecule has 2 aromatic heterocycles. The summed E-state index contributed by atoms with van der Waals surface area (Å²) >= 11 is 5.75. The van der Waals surface area contributed by atoms with Crippen LogP contribution in [0.15, 0.2) is 18.3 Å². The van der Waals surface area contributed by atoms with E-state index in [1.807, 2.05) is 6.92 Å². The van der Waals surface area contributed by atoms with Gasteiger partial charge in [0.1, 0.15) is 11.2 Å². The highest BCUT2D eigenvalue weighted by molar-refractivity contribution is 6.30. The van der Waals surface area contributed by atoms with E-state index in [0.717, 1.165) is 12.1 Å². The van der Waals surface area contributed by atoms with Gasteiger partial charge in [-0.2, -0.15) is 4.98 Å². The van der Waals surface area contributed by atoms with E-state index >= 15 is 0 Å². The number of halogens is 5. The van der Waals surface area contributed by atoms with E-state index < -0.39 is 34.7 Å². The van der Waals surface area contributed by atoms with Crippen LogP contribution in [0.1, 0.15) is 51.5 Å². The van der Waals surface area contributed by atoms with Gasteiger partial charge in [0, 0.05) is 35.4 Å². The summed E-state index contributed by atoms with van der Waals surface area (Å²) in [4.78, 5) is 25.1. The van der Waals surface area contributed by atoms with E-state index in [0.29, 0.717) is 36.8 Å². The molecule has 0 spiro atoms. The van der Waals surface area contributed by atoms with E-state index in [-0.39, 0.29) is 41.7 Å². The molecular formula is C23H24ClF4N7O. The first kappa shape index (κ1) is 24.5. The minimum Gasteiger partial charge on any atom is -0.369 e. The maximum Gasteiger partial charge on any atom is 0.252 e. The fraction of sp³-hybridized carbons (Fsp3) is 0.478. The van der Waals surface area contributed by atoms with Crippen LogP contribution in [-0.4, -0.2) is 37.4 Å². The van der Waals surface area contributed by atoms with Crippen molar-refractivity contribution < 1.29 is 22.4 Å². The summed E-state index contributed by atoms with van der Waals surface area (Å²) in [5.41, 5.74) is 5.21. The van der Waals surface area contributed by atoms with Crippen molar-refractivity contribution in [1.82, 2.24) is 19.5 Å². The maximum atomic E-state index is 14.6. The zero-order valence-corrected chi connectivity index (χ0v) is 20.0. The number of alkyl halides is 2. The Morgan fingerprint density at radius 1 is 1.17 bits per heavy atom. The van der Waals surface area contributed by atoms with E-state index in [9.17, 15) is 22.4 Å². The molecule has 0 unspecified atom stereocenters. The summed E-state index contributed by atoms with van der Waals surface area (Å²) in [6.45, 7) is 1.81. The molecule has 0 radical (unpaired) electrons. The number of amides is 1. The Morgan fingerprint density at radius 2 is 1.81 bits per heavy atom. The number of anilines is 3. The molecule has 0 saturated heterocycles. The molecule has 4 N–H and O–H groups in total. The number of rotatable bonds is 6. The van der Waals surface area contributed by atoms with Crippen molar-refractivity contribution in [3.8, 4) is 0 Å². The van der Waals surface area contributed by atoms with E-state index in [4.69, 9.17) is 17.3 Å². The lowest BCUT2D eigenvalue weighted by atomic mass is 9.73. The second-order valence-electron chi connectivity index (χ2n) is 9.84. The van der Waals surface area contributed by atoms with Crippen molar-refractivity contribution >= 4 is 46.3 Å². The summed E-state index contributed by atoms with van der Waals surface area (Å²) in [6, 6.07) is 1.28. The first-order valence-electron chi connectivity index (χ1n) is 11.5. The predicted molar refractivity (Wildman–Crippen MR) is 126 cm³/mol. The number of hydrogen-bond acceptors (Lipinski definition) is 6. The Labute approximate surface area is 208 Å². The highest BCUT2D eigenvalue weighted by Gasteiger charge is 2.45. The smallest absolute Gasteiger partial charge is 0.252 e. The van der Waals surface area contributed by atoms with Crippen molar-refractivity contribution in [2.75, 3.05) is 10.6 Å². The maximum absolute atomic E-state index is 14.6. The number of fused-ring (bicyclic) bond motifs is 1. The van der Waals surface area contributed by atoms with Crippen molar-refractivity contribution in [3.05, 3.63) is 35.0 Å². The number of carbonyl (C=O) groups is 1. The van der Waals surface area contributed by atoms with E-state index in [1.54, 1.807) is 4.57 Å². The summed E-state index contributed by atoms with van der Waals surface area (Å²) < 4.78 is 57.4. The van der Waals surface area contributed by atoms with Crippen LogP contribution < -0.4 is 16.4 Å². The van der Waals surface area contributed by atoms with Gasteiger partial charge in [-0.25, -0.2) is 27.5 Å². The third-order valence-electron chi connectivity index (χ3n) is 7.12. The zero-order chi connectivity index (χ0) is 25.8. The largest absolute Gasteiger partial charge is 0.369 e. The summed E-state index contributed by atoms with van der Waals surface area (Å²) in [7, 11) is 0. The Hall–Kier alpha value is -3.15. The number of carbonyl (C=O) groups excluding carboxylic acids is 1. The van der Waals surface area contributed by atoms with Crippen molar-refractivity contribution in [2.45, 2.75) is 63.5 Å². The van der Waals surface area contributed by atoms with Crippen LogP contribution in [0.25, 0.3) is 11.2 Å². The van der Waals surface area contributed by atoms with Gasteiger partial charge in [-0.1, -0.05) is 18.5 Å². The van der Waals surface area contributed by atoms with Crippen LogP contribution >= 0.6 is 11.6 Å². The highest BCUT2D eigenvalue weighted by atomic mass is 35.5. The molecule has 0 aliphatic heterocycles. The molecule has 2 aliphatic rings. The molecule has 0 atom stereocenters. The van der Waals surface area contributed by atoms with Crippen LogP contribution in [0, 0.1) is 17.0 Å². The average Bonchev–Trinajstić information content (AvgIpc) is 3.13. The van der Waals surface area contributed by atoms with Crippen LogP contribution in [0.2, 0.25) is 5.02 Å². The number of hydrogen-bond donors (Lipinski definition) is 3. The van der Waals surface area contributed by atoms with Gasteiger partial charge < -0.3 is 16.4 Å². The number of nitrogens with one attached hydrogen (secondary N) is 2. The van der Waals surface area contributed by atoms with Gasteiger partial charge in [0.2, 0.25) is 17.8 Å². The molecule has 2 heterocycles. The fourth-order valence-corrected chi connectivity index (χ4v) is 5.05. The number of primary amides is 1. The molecule has 1 aromatic carbocycles. The molecule has 2 aliphatic carbocycles. The molecule has 13 heteroatoms. The predicted octanol–water partition coefficient (Wildman–Crippen LogP) is 5.32. The Balaban J connectivity index is 1.52. The Bertz CT molecular complexity index is 1310. The van der Waals surface area contributed by atoms with Gasteiger partial charge in [-0.05, 0) is 37.8 Å². The quantitative estimate of drug-likeness (QED) is 0.376. The molecule has 8 nitrogen and oxygen atoms in total. The number of nitrogens with two attached hydrogens (primary N) is 1. The lowest BCUT2D eigenvalue weighted by molar-refractivity contribution is -0.128. The number of nitrogens with zero attached hydrogens (tertiary/aromatic N) is 4. The third-order valence-corrected chi connectivity index (χ3v) is 7.34. The van der Waals surface area contributed by atoms with Crippen LogP contribution in [-0.2, 0) is 4.79 Å². The second kappa shape index (κ2) is 8.75. The number of aromatic nitrogens is 4. The van der Waals surface area contributed by atoms with Gasteiger partial charge in [-0.3, -0.25) is 9.36 Å². The first-order chi connectivity index (χ1) is 16.9. The van der Waals surface area contributed by atoms with E-state index in [2.05, 4.69) is 25.6 Å². The summed E-state index contributed by atoms with van der Waals surface area (Å²) in [6.07, 6.45) is 2.87. The topological polar surface area (TPSA) is 111 Å². The van der Waals surface area contributed by atoms with Gasteiger partial charge >= 0.3 is 0 Å². The van der Waals surface area contributed by atoms with Crippen LogP contribution in [0.5, 0.6) is 0 Å². The molecule has 5 rings (SSSR count). The van der Waals surface area contributed by atoms with E-state index in [1.165, 1.54) is 6.20 Å². The molecule has 2 fully saturated rings. The number of imidazole rings is 1. The first-order valence-corrected chi connectivity index (χ1v) is 11.9. The second-order valence-corrected chi connectivity index (χ2v) is 10.3. The van der Waals surface area contributed by atoms with Crippen molar-refractivity contribution in [2.24, 2.45) is 11.1 Å². The van der Waals surface area contributed by atoms with Gasteiger partial charge in [0.15, 0.2) is 17.3 Å². The average molecular weight is 526 g/mol. The Morgan fingerprint density at radius 3 is 2.39 bits per heavy atom. The van der Waals surface area contributed by atoms with Crippen molar-refractivity contribution in [3.63, 3.8) is 0 Å². The third kappa shape index (κ3) is 4.54. The minimum atomic E-state index is -2.71. The molecule has 192 valence electrons. The van der Waals surface area contributed by atoms with Crippen LogP contribution in [0.4, 0.5) is 35.1 Å². The molecule has 1 amide bonds. The van der Waals surface area contributed by atoms with Crippen LogP contribution in [0.3, 0.4) is 0 Å². The molecular weight excluding hydrogens is 502 g/mol. The van der Waals surface area contributed by atoms with Crippen molar-refractivity contribution in [1.29, 1.82) is 0 Å². The van der Waals surface area contributed by atoms with Gasteiger partial charge in [0.05, 0.1) is 6.20 Å². The summed E-state index contributed by atoms with van der Waals surface area (Å²) in [5.74, 6) is -4.61. The molecule has 3 aromatic rings. The monoisotopic (exact) mass is 525 g/mol. The van der Waals surface area contributed by atoms with Gasteiger partial charge in [0.25, 0.3) is 5.92 Å². The molecule has 2 saturated carbocycles. The fourth-order valence-electron chi connectivity index (χ4n) is 4.86.